The minimum absolute atomic E-state index is 0.0671. The Kier molecular flexibility index (Phi) is 9.25. The number of pyridine rings is 1. The van der Waals surface area contributed by atoms with Gasteiger partial charge in [-0.2, -0.15) is 0 Å². The third-order valence-electron chi connectivity index (χ3n) is 6.59. The van der Waals surface area contributed by atoms with E-state index in [2.05, 4.69) is 15.5 Å². The van der Waals surface area contributed by atoms with Gasteiger partial charge in [-0.3, -0.25) is 9.69 Å². The highest BCUT2D eigenvalue weighted by atomic mass is 35.5. The topological polar surface area (TPSA) is 142 Å². The number of anilines is 2. The normalized spacial score (nSPS) is 14.1. The monoisotopic (exact) mass is 651 g/mol. The van der Waals surface area contributed by atoms with Crippen LogP contribution in [0.2, 0.25) is 9.36 Å². The second-order valence-electron chi connectivity index (χ2n) is 9.47. The fourth-order valence-corrected chi connectivity index (χ4v) is 7.30. The number of benzene rings is 2. The molecule has 42 heavy (non-hydrogen) atoms. The van der Waals surface area contributed by atoms with Crippen LogP contribution in [0, 0.1) is 0 Å². The first kappa shape index (κ1) is 30.1. The predicted molar refractivity (Wildman–Crippen MR) is 165 cm³/mol. The number of hydrogen-bond donors (Lipinski definition) is 4. The molecule has 2 amide bonds. The van der Waals surface area contributed by atoms with Gasteiger partial charge < -0.3 is 20.5 Å². The summed E-state index contributed by atoms with van der Waals surface area (Å²) in [7, 11) is -4.18. The second kappa shape index (κ2) is 12.9. The molecule has 2 aromatic heterocycles. The van der Waals surface area contributed by atoms with Crippen LogP contribution < -0.4 is 20.9 Å². The molecule has 0 atom stereocenters. The van der Waals surface area contributed by atoms with Gasteiger partial charge in [-0.05, 0) is 66.9 Å². The molecule has 3 heterocycles. The van der Waals surface area contributed by atoms with E-state index >= 15 is 0 Å². The lowest BCUT2D eigenvalue weighted by molar-refractivity contribution is 0.0378. The molecule has 0 spiro atoms. The number of ether oxygens (including phenoxy) is 1. The third kappa shape index (κ3) is 7.00. The van der Waals surface area contributed by atoms with Crippen molar-refractivity contribution < 1.29 is 23.1 Å². The van der Waals surface area contributed by atoms with E-state index < -0.39 is 21.6 Å². The van der Waals surface area contributed by atoms with E-state index in [1.807, 2.05) is 16.9 Å². The Morgan fingerprint density at radius 2 is 1.74 bits per heavy atom. The van der Waals surface area contributed by atoms with Gasteiger partial charge in [0.2, 0.25) is 5.88 Å². The van der Waals surface area contributed by atoms with E-state index in [0.29, 0.717) is 16.5 Å². The molecular formula is C27H27Cl2N5O6S2. The molecule has 1 aliphatic heterocycles. The molecule has 4 N–H and O–H groups in total. The number of morpholine rings is 1. The minimum Gasteiger partial charge on any atom is -0.494 e. The Balaban J connectivity index is 1.24. The highest BCUT2D eigenvalue weighted by molar-refractivity contribution is 7.92. The quantitative estimate of drug-likeness (QED) is 0.191. The van der Waals surface area contributed by atoms with Gasteiger partial charge in [-0.1, -0.05) is 23.2 Å². The molecule has 222 valence electrons. The van der Waals surface area contributed by atoms with E-state index in [0.717, 1.165) is 73.5 Å². The van der Waals surface area contributed by atoms with E-state index in [1.54, 1.807) is 6.07 Å². The molecule has 0 aliphatic carbocycles. The zero-order chi connectivity index (χ0) is 29.9. The zero-order valence-electron chi connectivity index (χ0n) is 22.1. The maximum Gasteiger partial charge on any atom is 0.333 e. The summed E-state index contributed by atoms with van der Waals surface area (Å²) in [6.07, 6.45) is 0.964. The average Bonchev–Trinajstić information content (AvgIpc) is 3.31. The van der Waals surface area contributed by atoms with Crippen LogP contribution in [-0.4, -0.2) is 68.4 Å². The summed E-state index contributed by atoms with van der Waals surface area (Å²) in [4.78, 5) is 27.7. The van der Waals surface area contributed by atoms with Crippen LogP contribution in [0.4, 0.5) is 16.2 Å². The Hall–Kier alpha value is -3.33. The lowest BCUT2D eigenvalue weighted by atomic mass is 10.1. The zero-order valence-corrected chi connectivity index (χ0v) is 25.2. The number of urea groups is 1. The molecule has 0 unspecified atom stereocenters. The molecule has 0 bridgehead atoms. The first-order valence-corrected chi connectivity index (χ1v) is 16.0. The van der Waals surface area contributed by atoms with Crippen molar-refractivity contribution in [3.63, 3.8) is 0 Å². The summed E-state index contributed by atoms with van der Waals surface area (Å²) in [5, 5.41) is 17.9. The van der Waals surface area contributed by atoms with Gasteiger partial charge in [-0.25, -0.2) is 22.5 Å². The van der Waals surface area contributed by atoms with Crippen molar-refractivity contribution >= 4 is 72.7 Å². The fraction of sp³-hybridized carbons (Fsp3) is 0.259. The molecule has 5 rings (SSSR count). The first-order valence-electron chi connectivity index (χ1n) is 12.9. The third-order valence-corrected chi connectivity index (χ3v) is 10.3. The van der Waals surface area contributed by atoms with Crippen molar-refractivity contribution in [3.8, 4) is 11.6 Å². The molecular weight excluding hydrogens is 625 g/mol. The standard InChI is InChI=1S/C27H27Cl2N5O6S2/c28-22-16-24(41-25(22)29)42(38,39)32-27(37)31-18-2-5-20(6-3-18)34-23(35)15-17-14-19(4-7-21(17)26(34)36)30-8-1-9-33-10-12-40-13-11-33/h2-7,14-16,30,36H,1,8-13H2,(H2,31,32,37). The SMILES string of the molecule is O=C(Nc1ccc(-n2c(O)c3ccc(NCCCN4CCOCC4)cc3cc2=O)cc1)NS(=O)(=O)c1cc(Cl)c(Cl)s1. The van der Waals surface area contributed by atoms with Crippen molar-refractivity contribution in [2.45, 2.75) is 10.6 Å². The molecule has 0 radical (unpaired) electrons. The summed E-state index contributed by atoms with van der Waals surface area (Å²) in [6.45, 7) is 5.19. The van der Waals surface area contributed by atoms with E-state index in [-0.39, 0.29) is 25.1 Å². The summed E-state index contributed by atoms with van der Waals surface area (Å²) < 4.78 is 33.1. The van der Waals surface area contributed by atoms with Gasteiger partial charge in [0.05, 0.1) is 23.9 Å². The van der Waals surface area contributed by atoms with Crippen LogP contribution in [0.25, 0.3) is 16.5 Å². The second-order valence-corrected chi connectivity index (χ2v) is 13.4. The van der Waals surface area contributed by atoms with Crippen LogP contribution in [0.5, 0.6) is 5.88 Å². The smallest absolute Gasteiger partial charge is 0.333 e. The fourth-order valence-electron chi connectivity index (χ4n) is 4.51. The van der Waals surface area contributed by atoms with Crippen LogP contribution in [-0.2, 0) is 14.8 Å². The number of aromatic hydroxyl groups is 1. The number of carbonyl (C=O) groups is 1. The highest BCUT2D eigenvalue weighted by Crippen LogP contribution is 2.34. The number of halogens is 2. The van der Waals surface area contributed by atoms with Crippen LogP contribution in [0.1, 0.15) is 6.42 Å². The van der Waals surface area contributed by atoms with Crippen molar-refractivity contribution in [2.75, 3.05) is 50.0 Å². The molecule has 15 heteroatoms. The van der Waals surface area contributed by atoms with Crippen LogP contribution >= 0.6 is 34.5 Å². The van der Waals surface area contributed by atoms with Crippen molar-refractivity contribution in [1.82, 2.24) is 14.2 Å². The lowest BCUT2D eigenvalue weighted by Gasteiger charge is -2.26. The number of amides is 2. The average molecular weight is 653 g/mol. The van der Waals surface area contributed by atoms with Crippen LogP contribution in [0.15, 0.2) is 63.6 Å². The van der Waals surface area contributed by atoms with Crippen molar-refractivity contribution in [2.24, 2.45) is 0 Å². The number of sulfonamides is 1. The Morgan fingerprint density at radius 1 is 1.02 bits per heavy atom. The Morgan fingerprint density at radius 3 is 2.43 bits per heavy atom. The number of thiophene rings is 1. The Bertz CT molecular complexity index is 1750. The first-order chi connectivity index (χ1) is 20.1. The highest BCUT2D eigenvalue weighted by Gasteiger charge is 2.22. The van der Waals surface area contributed by atoms with Gasteiger partial charge in [0.25, 0.3) is 15.6 Å². The Labute approximate surface area is 255 Å². The van der Waals surface area contributed by atoms with Gasteiger partial charge in [0.15, 0.2) is 0 Å². The summed E-state index contributed by atoms with van der Waals surface area (Å²) in [5.74, 6) is -0.228. The molecule has 1 saturated heterocycles. The maximum atomic E-state index is 13.0. The summed E-state index contributed by atoms with van der Waals surface area (Å²) in [6, 6.07) is 13.0. The number of rotatable bonds is 9. The maximum absolute atomic E-state index is 13.0. The molecule has 4 aromatic rings. The summed E-state index contributed by atoms with van der Waals surface area (Å²) in [5.41, 5.74) is 1.02. The van der Waals surface area contributed by atoms with Crippen LogP contribution in [0.3, 0.4) is 0 Å². The van der Waals surface area contributed by atoms with E-state index in [9.17, 15) is 23.1 Å². The number of nitrogens with zero attached hydrogens (tertiary/aromatic N) is 2. The van der Waals surface area contributed by atoms with Gasteiger partial charge >= 0.3 is 6.03 Å². The predicted octanol–water partition coefficient (Wildman–Crippen LogP) is 4.71. The largest absolute Gasteiger partial charge is 0.494 e. The van der Waals surface area contributed by atoms with Gasteiger partial charge in [0, 0.05) is 42.5 Å². The lowest BCUT2D eigenvalue weighted by Crippen LogP contribution is -2.37. The van der Waals surface area contributed by atoms with Crippen molar-refractivity contribution in [3.05, 3.63) is 74.3 Å². The molecule has 0 saturated carbocycles. The number of aromatic nitrogens is 1. The molecule has 1 fully saturated rings. The van der Waals surface area contributed by atoms with E-state index in [1.165, 1.54) is 30.3 Å². The molecule has 11 nitrogen and oxygen atoms in total. The summed E-state index contributed by atoms with van der Waals surface area (Å²) >= 11 is 12.4. The molecule has 2 aromatic carbocycles. The number of carbonyl (C=O) groups excluding carboxylic acids is 1. The van der Waals surface area contributed by atoms with Crippen molar-refractivity contribution in [1.29, 1.82) is 0 Å². The number of nitrogens with one attached hydrogen (secondary N) is 3. The molecule has 1 aliphatic rings. The number of hydrogen-bond acceptors (Lipinski definition) is 9. The van der Waals surface area contributed by atoms with Gasteiger partial charge in [0.1, 0.15) is 8.55 Å². The van der Waals surface area contributed by atoms with Gasteiger partial charge in [-0.15, -0.1) is 11.3 Å². The minimum atomic E-state index is -4.18. The van der Waals surface area contributed by atoms with E-state index in [4.69, 9.17) is 27.9 Å². The number of fused-ring (bicyclic) bond motifs is 1.